The third-order valence-electron chi connectivity index (χ3n) is 17.6. The predicted octanol–water partition coefficient (Wildman–Crippen LogP) is 15.5. The van der Waals surface area contributed by atoms with Crippen LogP contribution in [0.5, 0.6) is 0 Å². The quantitative estimate of drug-likeness (QED) is 0.165. The number of ether oxygens (including phenoxy) is 1. The van der Waals surface area contributed by atoms with Crippen LogP contribution in [0.1, 0.15) is 37.8 Å². The fourth-order valence-corrected chi connectivity index (χ4v) is 14.1. The molecule has 2 aliphatic heterocycles. The van der Waals surface area contributed by atoms with Crippen LogP contribution in [0.25, 0.3) is 77.3 Å². The van der Waals surface area contributed by atoms with Crippen LogP contribution in [0.2, 0.25) is 0 Å². The molecule has 0 amide bonds. The molecule has 5 aliphatic rings. The molecule has 1 saturated carbocycles. The van der Waals surface area contributed by atoms with Gasteiger partial charge in [0.15, 0.2) is 5.78 Å². The minimum Gasteiger partial charge on any atom is -0.489 e. The summed E-state index contributed by atoms with van der Waals surface area (Å²) in [5, 5.41) is 9.14. The van der Waals surface area contributed by atoms with Crippen molar-refractivity contribution in [3.63, 3.8) is 0 Å². The van der Waals surface area contributed by atoms with Gasteiger partial charge in [0.1, 0.15) is 23.2 Å². The number of aromatic nitrogens is 3. The molecule has 2 atom stereocenters. The van der Waals surface area contributed by atoms with Gasteiger partial charge in [0.05, 0.1) is 33.7 Å². The van der Waals surface area contributed by atoms with Gasteiger partial charge in [0, 0.05) is 92.2 Å². The van der Waals surface area contributed by atoms with E-state index in [-0.39, 0.29) is 17.8 Å². The van der Waals surface area contributed by atoms with Gasteiger partial charge in [-0.05, 0) is 131 Å². The van der Waals surface area contributed by atoms with E-state index >= 15 is 0 Å². The summed E-state index contributed by atoms with van der Waals surface area (Å²) < 4.78 is 14.2. The molecule has 374 valence electrons. The normalized spacial score (nSPS) is 17.2. The number of para-hydroxylation sites is 7. The van der Waals surface area contributed by atoms with Gasteiger partial charge in [-0.3, -0.25) is 14.7 Å². The van der Waals surface area contributed by atoms with Gasteiger partial charge in [0.25, 0.3) is 0 Å². The minimum atomic E-state index is -0.121. The lowest BCUT2D eigenvalue weighted by molar-refractivity contribution is -0.127. The molecule has 0 radical (unpaired) electrons. The van der Waals surface area contributed by atoms with Crippen LogP contribution < -0.4 is 20.1 Å². The van der Waals surface area contributed by atoms with E-state index in [9.17, 15) is 4.79 Å². The van der Waals surface area contributed by atoms with Crippen molar-refractivity contribution in [2.45, 2.75) is 38.2 Å². The number of anilines is 3. The Morgan fingerprint density at radius 1 is 0.494 bits per heavy atom. The van der Waals surface area contributed by atoms with Crippen molar-refractivity contribution in [2.75, 3.05) is 4.90 Å². The summed E-state index contributed by atoms with van der Waals surface area (Å²) in [5.74, 6) is 0.826. The molecule has 7 heteroatoms. The summed E-state index contributed by atoms with van der Waals surface area (Å²) in [4.78, 5) is 22.7. The van der Waals surface area contributed by atoms with Crippen LogP contribution >= 0.6 is 0 Å². The van der Waals surface area contributed by atoms with E-state index in [1.54, 1.807) is 0 Å². The molecule has 12 aromatic rings. The average molecular weight is 1020 g/mol. The highest BCUT2D eigenvalue weighted by atomic mass is 16.5. The number of nitrogens with zero attached hydrogens (tertiary/aromatic N) is 5. The third kappa shape index (κ3) is 6.50. The van der Waals surface area contributed by atoms with Crippen molar-refractivity contribution < 1.29 is 9.53 Å². The van der Waals surface area contributed by atoms with Gasteiger partial charge < -0.3 is 13.9 Å². The van der Waals surface area contributed by atoms with Crippen molar-refractivity contribution in [3.05, 3.63) is 269 Å². The molecule has 0 bridgehead atoms. The maximum Gasteiger partial charge on any atom is 0.236 e. The summed E-state index contributed by atoms with van der Waals surface area (Å²) >= 11 is 0. The number of hydrogen-bond donors (Lipinski definition) is 0. The zero-order valence-corrected chi connectivity index (χ0v) is 43.2. The van der Waals surface area contributed by atoms with E-state index in [2.05, 4.69) is 243 Å². The van der Waals surface area contributed by atoms with Crippen LogP contribution in [0, 0.1) is 16.4 Å². The minimum absolute atomic E-state index is 0.105. The van der Waals surface area contributed by atoms with Gasteiger partial charge in [0.2, 0.25) is 16.7 Å². The smallest absolute Gasteiger partial charge is 0.236 e. The number of carbonyl (C=O) groups is 1. The molecule has 0 spiro atoms. The van der Waals surface area contributed by atoms with Crippen LogP contribution in [0.3, 0.4) is 0 Å². The van der Waals surface area contributed by atoms with E-state index in [4.69, 9.17) is 9.72 Å². The molecule has 3 aliphatic carbocycles. The zero-order chi connectivity index (χ0) is 51.9. The Morgan fingerprint density at radius 3 is 1.91 bits per heavy atom. The fourth-order valence-electron chi connectivity index (χ4n) is 14.1. The lowest BCUT2D eigenvalue weighted by atomic mass is 9.75. The van der Waals surface area contributed by atoms with E-state index in [0.717, 1.165) is 131 Å². The molecule has 5 heterocycles. The maximum atomic E-state index is 14.9. The first-order valence-corrected chi connectivity index (χ1v) is 27.7. The number of ketones is 1. The third-order valence-corrected chi connectivity index (χ3v) is 17.6. The lowest BCUT2D eigenvalue weighted by Crippen LogP contribution is -2.39. The number of fused-ring (bicyclic) bond motifs is 15. The second-order valence-electron chi connectivity index (χ2n) is 21.7. The molecule has 3 aromatic heterocycles. The highest BCUT2D eigenvalue weighted by molar-refractivity contribution is 6.13. The van der Waals surface area contributed by atoms with E-state index in [0.29, 0.717) is 12.2 Å². The topological polar surface area (TPSA) is 55.3 Å². The standard InChI is InChI=1S/C72H50N5O2/c78-72-53-25-10-16-32-69(53)79-70-43-59-55(40-60(70)72)54-38-46(77-63-29-13-9-24-51(63)58-39-47(34-36-64(58)77)76-61-27-11-7-22-49(61)50-23-8-12-28-62(50)76)33-35-48(54)56-41-67-68(42-57(56)52-26-17-37-73-71(52)59)75(45-20-5-2-6-21-45)66-31-15-14-30-65(66)74(67)44-18-3-1-4-19-44/h1-9,11-15,17-24,26-31,33-39,41-43,53,69H,10,16,25,32,40H2/q+1. The Hall–Kier alpha value is -9.85. The molecule has 17 rings (SSSR count). The van der Waals surface area contributed by atoms with E-state index in [1.165, 1.54) is 32.6 Å². The Kier molecular flexibility index (Phi) is 9.57. The van der Waals surface area contributed by atoms with Crippen LogP contribution in [0.15, 0.2) is 242 Å². The Balaban J connectivity index is 0.994. The summed E-state index contributed by atoms with van der Waals surface area (Å²) in [7, 11) is 0. The molecule has 2 unspecified atom stereocenters. The molecule has 9 aromatic carbocycles. The largest absolute Gasteiger partial charge is 0.489 e. The zero-order valence-electron chi connectivity index (χ0n) is 43.2. The van der Waals surface area contributed by atoms with Gasteiger partial charge in [-0.1, -0.05) is 122 Å². The summed E-state index contributed by atoms with van der Waals surface area (Å²) in [6.07, 6.45) is 8.30. The first-order valence-electron chi connectivity index (χ1n) is 27.7. The monoisotopic (exact) mass is 1020 g/mol. The number of pyridine rings is 1. The molecule has 1 fully saturated rings. The predicted molar refractivity (Wildman–Crippen MR) is 318 cm³/mol. The van der Waals surface area contributed by atoms with Crippen molar-refractivity contribution in [2.24, 2.45) is 5.92 Å². The maximum absolute atomic E-state index is 14.9. The van der Waals surface area contributed by atoms with Crippen molar-refractivity contribution in [3.8, 4) is 22.5 Å². The van der Waals surface area contributed by atoms with Crippen LogP contribution in [-0.2, 0) is 9.53 Å². The van der Waals surface area contributed by atoms with Crippen LogP contribution in [-0.4, -0.2) is 26.0 Å². The summed E-state index contributed by atoms with van der Waals surface area (Å²) in [6.45, 7) is 0. The molecular weight excluding hydrogens is 967 g/mol. The molecule has 0 saturated heterocycles. The summed E-state index contributed by atoms with van der Waals surface area (Å²) in [5.41, 5.74) is 18.0. The van der Waals surface area contributed by atoms with Gasteiger partial charge in [-0.15, -0.1) is 4.58 Å². The van der Waals surface area contributed by atoms with Crippen LogP contribution in [0.4, 0.5) is 28.4 Å². The Bertz CT molecular complexity index is 4900. The van der Waals surface area contributed by atoms with Crippen molar-refractivity contribution in [1.82, 2.24) is 18.7 Å². The Labute approximate surface area is 455 Å². The average Bonchev–Trinajstić information content (AvgIpc) is 4.10. The van der Waals surface area contributed by atoms with Gasteiger partial charge in [-0.25, -0.2) is 0 Å². The first kappa shape index (κ1) is 44.3. The van der Waals surface area contributed by atoms with E-state index < -0.39 is 0 Å². The number of rotatable bonds is 4. The van der Waals surface area contributed by atoms with Gasteiger partial charge in [-0.2, -0.15) is 0 Å². The molecule has 7 nitrogen and oxygen atoms in total. The fraction of sp³-hybridized carbons (Fsp3) is 0.0972. The summed E-state index contributed by atoms with van der Waals surface area (Å²) in [6, 6.07) is 79.5. The number of benzene rings is 9. The van der Waals surface area contributed by atoms with Gasteiger partial charge >= 0.3 is 0 Å². The van der Waals surface area contributed by atoms with Crippen molar-refractivity contribution >= 4 is 89.0 Å². The number of allylic oxidation sites excluding steroid dienone is 3. The lowest BCUT2D eigenvalue weighted by Gasteiger charge is -2.38. The number of hydrogen-bond acceptors (Lipinski definition) is 4. The number of Topliss-reactive ketones (excluding diaryl/α,β-unsaturated/α-hetero) is 1. The Morgan fingerprint density at radius 2 is 1.14 bits per heavy atom. The first-order chi connectivity index (χ1) is 39.1. The highest BCUT2D eigenvalue weighted by Crippen LogP contribution is 2.48. The van der Waals surface area contributed by atoms with Crippen molar-refractivity contribution in [1.29, 1.82) is 0 Å². The highest BCUT2D eigenvalue weighted by Gasteiger charge is 2.42. The molecule has 0 N–H and O–H groups in total. The number of carbonyl (C=O) groups excluding carboxylic acids is 1. The second-order valence-corrected chi connectivity index (χ2v) is 21.7. The molecular formula is C72H50N5O2+. The SMILES string of the molecule is O=C1C2=C(C=C3C(=c4cc(-n5c6ccccc6c6cc(-n7c8ccccc8c8ccccc87)ccc65)ccc4=c4cc5c(cc4-c4cccnc43)=[N+](c3ccccc3)c3ccccc3N5c3ccccc3)C2)OC2CCCCC12. The molecule has 79 heavy (non-hydrogen) atoms. The second kappa shape index (κ2) is 17.1. The van der Waals surface area contributed by atoms with E-state index in [1.807, 2.05) is 6.20 Å².